The summed E-state index contributed by atoms with van der Waals surface area (Å²) in [5.41, 5.74) is -0.975. The minimum absolute atomic E-state index is 0.213. The molecule has 1 saturated heterocycles. The lowest BCUT2D eigenvalue weighted by atomic mass is 9.55. The summed E-state index contributed by atoms with van der Waals surface area (Å²) in [4.78, 5) is 0. The van der Waals surface area contributed by atoms with E-state index in [4.69, 9.17) is 18.7 Å². The lowest BCUT2D eigenvalue weighted by molar-refractivity contribution is -0.114. The Labute approximate surface area is 106 Å². The molecular weight excluding hydrogens is 218 g/mol. The van der Waals surface area contributed by atoms with Gasteiger partial charge in [0.15, 0.2) is 0 Å². The van der Waals surface area contributed by atoms with Crippen LogP contribution in [0.4, 0.5) is 0 Å². The molecule has 17 heavy (non-hydrogen) atoms. The first-order chi connectivity index (χ1) is 7.60. The normalized spacial score (nSPS) is 20.8. The smallest absolute Gasteiger partial charge is 0.434 e. The largest absolute Gasteiger partial charge is 0.441 e. The summed E-state index contributed by atoms with van der Waals surface area (Å²) in [5, 5.41) is 0. The molecule has 0 aliphatic carbocycles. The molecule has 98 valence electrons. The van der Waals surface area contributed by atoms with Gasteiger partial charge in [0.25, 0.3) is 0 Å². The second-order valence-corrected chi connectivity index (χ2v) is 6.15. The predicted molar refractivity (Wildman–Crippen MR) is 70.3 cm³/mol. The monoisotopic (exact) mass is 242 g/mol. The van der Waals surface area contributed by atoms with Crippen molar-refractivity contribution in [1.29, 1.82) is 0 Å². The van der Waals surface area contributed by atoms with E-state index in [1.54, 1.807) is 7.11 Å². The van der Waals surface area contributed by atoms with E-state index in [2.05, 4.69) is 0 Å². The van der Waals surface area contributed by atoms with E-state index in [1.807, 2.05) is 41.5 Å². The van der Waals surface area contributed by atoms with Crippen molar-refractivity contribution in [3.8, 4) is 0 Å². The molecular formula is C11H24B2O4. The van der Waals surface area contributed by atoms with Crippen LogP contribution in [-0.2, 0) is 18.7 Å². The van der Waals surface area contributed by atoms with Gasteiger partial charge in [0.1, 0.15) is 0 Å². The molecule has 1 heterocycles. The van der Waals surface area contributed by atoms with Crippen LogP contribution < -0.4 is 0 Å². The third-order valence-corrected chi connectivity index (χ3v) is 3.61. The van der Waals surface area contributed by atoms with Crippen molar-refractivity contribution in [2.45, 2.75) is 58.3 Å². The van der Waals surface area contributed by atoms with Gasteiger partial charge in [-0.2, -0.15) is 0 Å². The molecule has 0 radical (unpaired) electrons. The third-order valence-electron chi connectivity index (χ3n) is 3.61. The highest BCUT2D eigenvalue weighted by Crippen LogP contribution is 2.28. The van der Waals surface area contributed by atoms with E-state index in [0.29, 0.717) is 14.0 Å². The average Bonchev–Trinajstić information content (AvgIpc) is 2.55. The first-order valence-corrected chi connectivity index (χ1v) is 6.08. The Morgan fingerprint density at radius 2 is 1.76 bits per heavy atom. The molecule has 6 heteroatoms. The number of rotatable bonds is 5. The zero-order valence-electron chi connectivity index (χ0n) is 12.1. The number of hydrogen-bond donors (Lipinski definition) is 0. The van der Waals surface area contributed by atoms with Crippen molar-refractivity contribution < 1.29 is 18.7 Å². The Kier molecular flexibility index (Phi) is 4.35. The van der Waals surface area contributed by atoms with Crippen LogP contribution in [0.2, 0.25) is 0 Å². The third kappa shape index (κ3) is 3.71. The average molecular weight is 242 g/mol. The molecule has 1 rings (SSSR count). The molecule has 0 spiro atoms. The molecule has 0 N–H and O–H groups in total. The van der Waals surface area contributed by atoms with Crippen molar-refractivity contribution in [3.63, 3.8) is 0 Å². The Balaban J connectivity index is 2.46. The maximum absolute atomic E-state index is 5.89. The number of methoxy groups -OCH3 is 1. The van der Waals surface area contributed by atoms with Gasteiger partial charge in [0.2, 0.25) is 0 Å². The Morgan fingerprint density at radius 3 is 2.18 bits per heavy atom. The molecule has 0 unspecified atom stereocenters. The lowest BCUT2D eigenvalue weighted by Crippen LogP contribution is -2.51. The van der Waals surface area contributed by atoms with E-state index >= 15 is 0 Å². The van der Waals surface area contributed by atoms with Gasteiger partial charge in [-0.15, -0.1) is 0 Å². The van der Waals surface area contributed by atoms with Crippen LogP contribution in [0, 0.1) is 0 Å². The first-order valence-electron chi connectivity index (χ1n) is 6.08. The van der Waals surface area contributed by atoms with Crippen molar-refractivity contribution in [1.82, 2.24) is 0 Å². The maximum atomic E-state index is 5.89. The first kappa shape index (κ1) is 15.0. The fraction of sp³-hybridized carbons (Fsp3) is 1.00. The minimum atomic E-state index is -0.402. The zero-order chi connectivity index (χ0) is 13.3. The molecule has 0 bridgehead atoms. The van der Waals surface area contributed by atoms with E-state index < -0.39 is 5.60 Å². The van der Waals surface area contributed by atoms with Crippen LogP contribution in [0.15, 0.2) is 0 Å². The van der Waals surface area contributed by atoms with Crippen LogP contribution >= 0.6 is 0 Å². The van der Waals surface area contributed by atoms with Gasteiger partial charge in [0, 0.05) is 7.11 Å². The van der Waals surface area contributed by atoms with Gasteiger partial charge in [-0.05, 0) is 41.5 Å². The van der Waals surface area contributed by atoms with Gasteiger partial charge in [-0.25, -0.2) is 0 Å². The highest BCUT2D eigenvalue weighted by Gasteiger charge is 2.43. The Hall–Kier alpha value is -0.0301. The molecule has 0 amide bonds. The molecule has 0 aromatic heterocycles. The molecule has 0 aromatic rings. The summed E-state index contributed by atoms with van der Waals surface area (Å²) in [7, 11) is 1.83. The molecule has 1 aliphatic heterocycles. The molecule has 1 aliphatic rings. The zero-order valence-corrected chi connectivity index (χ0v) is 12.1. The number of hydrogen-bond acceptors (Lipinski definition) is 4. The molecule has 0 saturated carbocycles. The molecule has 4 nitrogen and oxygen atoms in total. The summed E-state index contributed by atoms with van der Waals surface area (Å²) in [6.45, 7) is 12.7. The predicted octanol–water partition coefficient (Wildman–Crippen LogP) is 1.37. The molecule has 1 fully saturated rings. The second-order valence-electron chi connectivity index (χ2n) is 6.15. The topological polar surface area (TPSA) is 36.9 Å². The van der Waals surface area contributed by atoms with Gasteiger partial charge >= 0.3 is 14.4 Å². The highest BCUT2D eigenvalue weighted by atomic mass is 16.7. The van der Waals surface area contributed by atoms with E-state index in [1.165, 1.54) is 0 Å². The molecule has 0 aromatic carbocycles. The second kappa shape index (κ2) is 4.92. The van der Waals surface area contributed by atoms with E-state index in [0.717, 1.165) is 0 Å². The fourth-order valence-corrected chi connectivity index (χ4v) is 1.50. The van der Waals surface area contributed by atoms with Gasteiger partial charge < -0.3 is 18.7 Å². The van der Waals surface area contributed by atoms with Crippen LogP contribution in [0.25, 0.3) is 0 Å². The van der Waals surface area contributed by atoms with Gasteiger partial charge in [-0.1, -0.05) is 0 Å². The molecule has 0 atom stereocenters. The maximum Gasteiger partial charge on any atom is 0.441 e. The highest BCUT2D eigenvalue weighted by molar-refractivity contribution is 7.03. The van der Waals surface area contributed by atoms with Crippen molar-refractivity contribution in [2.24, 2.45) is 0 Å². The number of ether oxygens (including phenoxy) is 1. The van der Waals surface area contributed by atoms with Crippen LogP contribution in [-0.4, -0.2) is 44.9 Å². The Morgan fingerprint density at radius 1 is 1.18 bits per heavy atom. The quantitative estimate of drug-likeness (QED) is 0.682. The van der Waals surface area contributed by atoms with E-state index in [-0.39, 0.29) is 18.2 Å². The summed E-state index contributed by atoms with van der Waals surface area (Å²) < 4.78 is 22.6. The van der Waals surface area contributed by atoms with Crippen LogP contribution in [0.3, 0.4) is 0 Å². The van der Waals surface area contributed by atoms with Crippen LogP contribution in [0.5, 0.6) is 0 Å². The SMILES string of the molecule is COC(C)(C)C(C)(C)OBB1OCC(C)(C)O1. The summed E-state index contributed by atoms with van der Waals surface area (Å²) in [6, 6.07) is 0. The lowest BCUT2D eigenvalue weighted by Gasteiger charge is -2.40. The minimum Gasteiger partial charge on any atom is -0.434 e. The van der Waals surface area contributed by atoms with Crippen molar-refractivity contribution in [3.05, 3.63) is 0 Å². The summed E-state index contributed by atoms with van der Waals surface area (Å²) >= 11 is 0. The van der Waals surface area contributed by atoms with Crippen molar-refractivity contribution in [2.75, 3.05) is 13.7 Å². The summed E-state index contributed by atoms with van der Waals surface area (Å²) in [5.74, 6) is 0. The van der Waals surface area contributed by atoms with Gasteiger partial charge in [-0.3, -0.25) is 0 Å². The fourth-order valence-electron chi connectivity index (χ4n) is 1.50. The Bertz CT molecular complexity index is 266. The van der Waals surface area contributed by atoms with Crippen molar-refractivity contribution >= 4 is 14.4 Å². The van der Waals surface area contributed by atoms with Crippen LogP contribution in [0.1, 0.15) is 41.5 Å². The van der Waals surface area contributed by atoms with Gasteiger partial charge in [0.05, 0.1) is 23.4 Å². The van der Waals surface area contributed by atoms with E-state index in [9.17, 15) is 0 Å². The standard InChI is InChI=1S/C11H24B2O4/c1-9(2)8-15-13(17-9)12-16-11(5,6)10(3,4)14-7/h12H,8H2,1-7H3. The summed E-state index contributed by atoms with van der Waals surface area (Å²) in [6.07, 6.45) is 0.